The van der Waals surface area contributed by atoms with Crippen molar-refractivity contribution in [3.05, 3.63) is 70.9 Å². The standard InChI is InChI=1S/C19H16ClF3N2O2/c20-13-5-3-4-11(8-13)17(19(21,22)23)25-16(18(26)27)9-12-10-24-15-7-2-1-6-14(12)15/h1-8,10,16-17,24-25H,9H2,(H,26,27)/t16-,17-/m0/s1. The fraction of sp³-hybridized carbons (Fsp3) is 0.211. The number of rotatable bonds is 6. The summed E-state index contributed by atoms with van der Waals surface area (Å²) < 4.78 is 40.8. The van der Waals surface area contributed by atoms with Crippen LogP contribution in [0.2, 0.25) is 5.02 Å². The zero-order valence-electron chi connectivity index (χ0n) is 13.9. The highest BCUT2D eigenvalue weighted by molar-refractivity contribution is 6.30. The zero-order chi connectivity index (χ0) is 19.6. The molecule has 3 rings (SSSR count). The molecule has 0 bridgehead atoms. The number of fused-ring (bicyclic) bond motifs is 1. The lowest BCUT2D eigenvalue weighted by molar-refractivity contribution is -0.163. The van der Waals surface area contributed by atoms with Gasteiger partial charge in [0.05, 0.1) is 0 Å². The molecule has 3 N–H and O–H groups in total. The summed E-state index contributed by atoms with van der Waals surface area (Å²) in [5.74, 6) is -1.36. The second-order valence-corrected chi connectivity index (χ2v) is 6.59. The second kappa shape index (κ2) is 7.62. The number of halogens is 4. The molecule has 0 saturated heterocycles. The predicted molar refractivity (Wildman–Crippen MR) is 96.8 cm³/mol. The highest BCUT2D eigenvalue weighted by Crippen LogP contribution is 2.34. The fourth-order valence-corrected chi connectivity index (χ4v) is 3.20. The van der Waals surface area contributed by atoms with E-state index in [9.17, 15) is 23.1 Å². The Kier molecular flexibility index (Phi) is 5.43. The lowest BCUT2D eigenvalue weighted by atomic mass is 10.0. The number of H-pyrrole nitrogens is 1. The third-order valence-electron chi connectivity index (χ3n) is 4.27. The highest BCUT2D eigenvalue weighted by atomic mass is 35.5. The molecule has 3 aromatic rings. The molecular weight excluding hydrogens is 381 g/mol. The molecule has 8 heteroatoms. The summed E-state index contributed by atoms with van der Waals surface area (Å²) >= 11 is 5.80. The molecule has 0 aliphatic heterocycles. The Balaban J connectivity index is 1.90. The number of benzene rings is 2. The molecule has 0 radical (unpaired) electrons. The minimum Gasteiger partial charge on any atom is -0.480 e. The van der Waals surface area contributed by atoms with Crippen molar-refractivity contribution in [2.75, 3.05) is 0 Å². The van der Waals surface area contributed by atoms with Gasteiger partial charge < -0.3 is 10.1 Å². The van der Waals surface area contributed by atoms with Crippen molar-refractivity contribution in [3.63, 3.8) is 0 Å². The van der Waals surface area contributed by atoms with Gasteiger partial charge in [-0.05, 0) is 29.3 Å². The van der Waals surface area contributed by atoms with E-state index in [2.05, 4.69) is 10.3 Å². The summed E-state index contributed by atoms with van der Waals surface area (Å²) in [6.45, 7) is 0. The van der Waals surface area contributed by atoms with Crippen molar-refractivity contribution < 1.29 is 23.1 Å². The Morgan fingerprint density at radius 2 is 1.93 bits per heavy atom. The summed E-state index contributed by atoms with van der Waals surface area (Å²) in [6.07, 6.45) is -3.17. The number of alkyl halides is 3. The van der Waals surface area contributed by atoms with Crippen LogP contribution in [-0.2, 0) is 11.2 Å². The Morgan fingerprint density at radius 3 is 2.59 bits per heavy atom. The van der Waals surface area contributed by atoms with Crippen LogP contribution in [-0.4, -0.2) is 28.3 Å². The monoisotopic (exact) mass is 396 g/mol. The van der Waals surface area contributed by atoms with Gasteiger partial charge in [-0.1, -0.05) is 41.9 Å². The number of para-hydroxylation sites is 1. The van der Waals surface area contributed by atoms with E-state index in [1.807, 2.05) is 12.1 Å². The minimum absolute atomic E-state index is 0.105. The van der Waals surface area contributed by atoms with E-state index in [-0.39, 0.29) is 17.0 Å². The predicted octanol–water partition coefficient (Wildman–Crippen LogP) is 4.71. The van der Waals surface area contributed by atoms with E-state index < -0.39 is 24.2 Å². The first-order chi connectivity index (χ1) is 12.8. The summed E-state index contributed by atoms with van der Waals surface area (Å²) in [4.78, 5) is 14.7. The van der Waals surface area contributed by atoms with Crippen LogP contribution in [0.25, 0.3) is 10.9 Å². The molecule has 1 heterocycles. The lowest BCUT2D eigenvalue weighted by Gasteiger charge is -2.26. The lowest BCUT2D eigenvalue weighted by Crippen LogP contribution is -2.45. The number of carboxylic acid groups (broad SMARTS) is 1. The first-order valence-corrected chi connectivity index (χ1v) is 8.49. The number of hydrogen-bond donors (Lipinski definition) is 3. The molecule has 1 aromatic heterocycles. The maximum atomic E-state index is 13.6. The summed E-state index contributed by atoms with van der Waals surface area (Å²) in [5.41, 5.74) is 1.27. The van der Waals surface area contributed by atoms with E-state index in [4.69, 9.17) is 11.6 Å². The molecule has 0 spiro atoms. The van der Waals surface area contributed by atoms with E-state index in [0.717, 1.165) is 10.9 Å². The fourth-order valence-electron chi connectivity index (χ4n) is 3.00. The largest absolute Gasteiger partial charge is 0.480 e. The van der Waals surface area contributed by atoms with E-state index >= 15 is 0 Å². The van der Waals surface area contributed by atoms with E-state index in [0.29, 0.717) is 5.56 Å². The Labute approximate surface area is 158 Å². The topological polar surface area (TPSA) is 65.1 Å². The molecule has 2 atom stereocenters. The third kappa shape index (κ3) is 4.43. The molecule has 0 aliphatic carbocycles. The number of carbonyl (C=O) groups is 1. The molecule has 0 amide bonds. The van der Waals surface area contributed by atoms with Crippen LogP contribution in [0, 0.1) is 0 Å². The molecule has 27 heavy (non-hydrogen) atoms. The van der Waals surface area contributed by atoms with Gasteiger partial charge in [-0.2, -0.15) is 13.2 Å². The summed E-state index contributed by atoms with van der Waals surface area (Å²) in [5, 5.41) is 12.7. The SMILES string of the molecule is O=C(O)[C@H](Cc1c[nH]c2ccccc12)N[C@@H](c1cccc(Cl)c1)C(F)(F)F. The molecule has 0 saturated carbocycles. The molecular formula is C19H16ClF3N2O2. The van der Waals surface area contributed by atoms with Crippen LogP contribution in [0.15, 0.2) is 54.7 Å². The summed E-state index contributed by atoms with van der Waals surface area (Å²) in [7, 11) is 0. The third-order valence-corrected chi connectivity index (χ3v) is 4.51. The van der Waals surface area contributed by atoms with Gasteiger partial charge in [0.25, 0.3) is 0 Å². The average molecular weight is 397 g/mol. The molecule has 4 nitrogen and oxygen atoms in total. The summed E-state index contributed by atoms with van der Waals surface area (Å²) in [6, 6.07) is 8.91. The second-order valence-electron chi connectivity index (χ2n) is 6.15. The van der Waals surface area contributed by atoms with Crippen LogP contribution in [0.1, 0.15) is 17.2 Å². The number of carboxylic acids is 1. The smallest absolute Gasteiger partial charge is 0.407 e. The van der Waals surface area contributed by atoms with Gasteiger partial charge in [-0.25, -0.2) is 0 Å². The highest BCUT2D eigenvalue weighted by Gasteiger charge is 2.43. The van der Waals surface area contributed by atoms with Crippen molar-refractivity contribution >= 4 is 28.5 Å². The quantitative estimate of drug-likeness (QED) is 0.565. The van der Waals surface area contributed by atoms with Crippen molar-refractivity contribution in [2.45, 2.75) is 24.7 Å². The number of aromatic amines is 1. The van der Waals surface area contributed by atoms with Gasteiger partial charge in [0, 0.05) is 28.5 Å². The number of nitrogens with one attached hydrogen (secondary N) is 2. The van der Waals surface area contributed by atoms with Crippen molar-refractivity contribution in [1.82, 2.24) is 10.3 Å². The van der Waals surface area contributed by atoms with Crippen LogP contribution in [0.3, 0.4) is 0 Å². The van der Waals surface area contributed by atoms with Crippen molar-refractivity contribution in [2.24, 2.45) is 0 Å². The molecule has 0 aliphatic rings. The minimum atomic E-state index is -4.68. The van der Waals surface area contributed by atoms with Gasteiger partial charge in [-0.3, -0.25) is 10.1 Å². The van der Waals surface area contributed by atoms with E-state index in [1.54, 1.807) is 18.3 Å². The van der Waals surface area contributed by atoms with Crippen LogP contribution in [0.5, 0.6) is 0 Å². The van der Waals surface area contributed by atoms with Crippen molar-refractivity contribution in [3.8, 4) is 0 Å². The van der Waals surface area contributed by atoms with Gasteiger partial charge in [0.15, 0.2) is 0 Å². The van der Waals surface area contributed by atoms with Gasteiger partial charge >= 0.3 is 12.1 Å². The molecule has 0 unspecified atom stereocenters. The van der Waals surface area contributed by atoms with Crippen LogP contribution < -0.4 is 5.32 Å². The Bertz CT molecular complexity index is 955. The molecule has 142 valence electrons. The molecule has 0 fully saturated rings. The van der Waals surface area contributed by atoms with Crippen LogP contribution >= 0.6 is 11.6 Å². The number of aromatic nitrogens is 1. The average Bonchev–Trinajstić information content (AvgIpc) is 3.00. The first-order valence-electron chi connectivity index (χ1n) is 8.11. The molecule has 2 aromatic carbocycles. The number of aliphatic carboxylic acids is 1. The van der Waals surface area contributed by atoms with Gasteiger partial charge in [0.2, 0.25) is 0 Å². The Morgan fingerprint density at radius 1 is 1.19 bits per heavy atom. The maximum absolute atomic E-state index is 13.6. The normalized spacial score (nSPS) is 14.2. The zero-order valence-corrected chi connectivity index (χ0v) is 14.7. The number of hydrogen-bond acceptors (Lipinski definition) is 2. The van der Waals surface area contributed by atoms with Crippen LogP contribution in [0.4, 0.5) is 13.2 Å². The van der Waals surface area contributed by atoms with Gasteiger partial charge in [-0.15, -0.1) is 0 Å². The van der Waals surface area contributed by atoms with E-state index in [1.165, 1.54) is 24.3 Å². The maximum Gasteiger partial charge on any atom is 0.407 e. The van der Waals surface area contributed by atoms with Crippen molar-refractivity contribution in [1.29, 1.82) is 0 Å². The first kappa shape index (κ1) is 19.3. The Hall–Kier alpha value is -2.51. The van der Waals surface area contributed by atoms with Gasteiger partial charge in [0.1, 0.15) is 12.1 Å².